The smallest absolute Gasteiger partial charge is 0.272 e. The first-order chi connectivity index (χ1) is 9.69. The van der Waals surface area contributed by atoms with E-state index in [4.69, 9.17) is 10.6 Å². The summed E-state index contributed by atoms with van der Waals surface area (Å²) in [4.78, 5) is 14.3. The Morgan fingerprint density at radius 2 is 2.20 bits per heavy atom. The van der Waals surface area contributed by atoms with E-state index in [9.17, 15) is 4.79 Å². The number of anilines is 1. The van der Waals surface area contributed by atoms with Gasteiger partial charge < -0.3 is 15.5 Å². The van der Waals surface area contributed by atoms with Gasteiger partial charge in [0.05, 0.1) is 13.2 Å². The lowest BCUT2D eigenvalue weighted by Gasteiger charge is -2.29. The number of nitrogens with one attached hydrogen (secondary N) is 2. The summed E-state index contributed by atoms with van der Waals surface area (Å²) in [6, 6.07) is 3.22. The lowest BCUT2D eigenvalue weighted by atomic mass is 10.2. The summed E-state index contributed by atoms with van der Waals surface area (Å²) in [5, 5.41) is 10.5. The number of nitrogens with zero attached hydrogens (tertiary/aromatic N) is 3. The molecule has 1 atom stereocenters. The number of carbonyl (C=O) groups is 1. The Kier molecular flexibility index (Phi) is 5.22. The molecule has 2 rings (SSSR count). The second kappa shape index (κ2) is 7.13. The number of rotatable bonds is 5. The highest BCUT2D eigenvalue weighted by atomic mass is 16.5. The highest BCUT2D eigenvalue weighted by Crippen LogP contribution is 2.02. The van der Waals surface area contributed by atoms with Crippen LogP contribution < -0.4 is 16.6 Å². The lowest BCUT2D eigenvalue weighted by molar-refractivity contribution is 0.0342. The molecule has 8 nitrogen and oxygen atoms in total. The molecule has 0 aliphatic carbocycles. The van der Waals surface area contributed by atoms with Crippen molar-refractivity contribution in [3.05, 3.63) is 17.8 Å². The summed E-state index contributed by atoms with van der Waals surface area (Å²) in [5.74, 6) is 5.38. The van der Waals surface area contributed by atoms with Crippen molar-refractivity contribution in [1.29, 1.82) is 0 Å². The van der Waals surface area contributed by atoms with Crippen LogP contribution >= 0.6 is 0 Å². The van der Waals surface area contributed by atoms with Gasteiger partial charge in [-0.15, -0.1) is 10.2 Å². The number of morpholine rings is 1. The number of hydrogen-bond donors (Lipinski definition) is 3. The van der Waals surface area contributed by atoms with E-state index in [-0.39, 0.29) is 17.6 Å². The van der Waals surface area contributed by atoms with Gasteiger partial charge in [0.1, 0.15) is 0 Å². The van der Waals surface area contributed by atoms with Gasteiger partial charge in [0.2, 0.25) is 0 Å². The second-order valence-electron chi connectivity index (χ2n) is 4.74. The number of ether oxygens (including phenoxy) is 1. The predicted molar refractivity (Wildman–Crippen MR) is 74.0 cm³/mol. The van der Waals surface area contributed by atoms with Crippen LogP contribution in [0.4, 0.5) is 5.82 Å². The van der Waals surface area contributed by atoms with Crippen molar-refractivity contribution in [2.24, 2.45) is 5.84 Å². The van der Waals surface area contributed by atoms with Crippen molar-refractivity contribution in [3.63, 3.8) is 0 Å². The summed E-state index contributed by atoms with van der Waals surface area (Å²) in [7, 11) is 0. The quantitative estimate of drug-likeness (QED) is 0.479. The highest BCUT2D eigenvalue weighted by Gasteiger charge is 2.16. The van der Waals surface area contributed by atoms with Gasteiger partial charge in [-0.2, -0.15) is 0 Å². The Balaban J connectivity index is 1.82. The minimum atomic E-state index is -0.234. The van der Waals surface area contributed by atoms with E-state index in [1.54, 1.807) is 12.1 Å². The third kappa shape index (κ3) is 4.12. The molecular weight excluding hydrogens is 260 g/mol. The number of amides is 1. The fourth-order valence-electron chi connectivity index (χ4n) is 2.04. The van der Waals surface area contributed by atoms with Crippen LogP contribution in [0.15, 0.2) is 12.1 Å². The van der Waals surface area contributed by atoms with Crippen molar-refractivity contribution in [3.8, 4) is 0 Å². The van der Waals surface area contributed by atoms with E-state index in [2.05, 4.69) is 25.8 Å². The van der Waals surface area contributed by atoms with Gasteiger partial charge in [-0.3, -0.25) is 9.69 Å². The molecule has 0 radical (unpaired) electrons. The van der Waals surface area contributed by atoms with Gasteiger partial charge in [0, 0.05) is 25.7 Å². The van der Waals surface area contributed by atoms with Crippen molar-refractivity contribution in [2.75, 3.05) is 38.3 Å². The third-order valence-corrected chi connectivity index (χ3v) is 3.06. The third-order valence-electron chi connectivity index (χ3n) is 3.06. The summed E-state index contributed by atoms with van der Waals surface area (Å²) < 4.78 is 5.29. The summed E-state index contributed by atoms with van der Waals surface area (Å²) in [6.07, 6.45) is 0. The van der Waals surface area contributed by atoms with Crippen LogP contribution in [0.2, 0.25) is 0 Å². The summed E-state index contributed by atoms with van der Waals surface area (Å²) >= 11 is 0. The topological polar surface area (TPSA) is 105 Å². The molecule has 20 heavy (non-hydrogen) atoms. The molecule has 1 amide bonds. The van der Waals surface area contributed by atoms with Crippen LogP contribution in [0.25, 0.3) is 0 Å². The second-order valence-corrected chi connectivity index (χ2v) is 4.74. The van der Waals surface area contributed by atoms with E-state index in [0.29, 0.717) is 5.82 Å². The maximum Gasteiger partial charge on any atom is 0.272 e. The van der Waals surface area contributed by atoms with E-state index in [1.807, 2.05) is 6.92 Å². The van der Waals surface area contributed by atoms with Gasteiger partial charge in [0.25, 0.3) is 5.91 Å². The SMILES string of the molecule is CC(CN1CCOCC1)NC(=O)c1ccc(NN)nn1. The van der Waals surface area contributed by atoms with Gasteiger partial charge in [-0.05, 0) is 19.1 Å². The molecule has 1 unspecified atom stereocenters. The Morgan fingerprint density at radius 1 is 1.45 bits per heavy atom. The first-order valence-corrected chi connectivity index (χ1v) is 6.60. The average molecular weight is 280 g/mol. The molecule has 1 aliphatic rings. The molecule has 2 heterocycles. The summed E-state index contributed by atoms with van der Waals surface area (Å²) in [6.45, 7) is 6.06. The monoisotopic (exact) mass is 280 g/mol. The number of nitrogen functional groups attached to an aromatic ring is 1. The van der Waals surface area contributed by atoms with Crippen LogP contribution in [0.1, 0.15) is 17.4 Å². The number of hydrogen-bond acceptors (Lipinski definition) is 7. The highest BCUT2D eigenvalue weighted by molar-refractivity contribution is 5.92. The largest absolute Gasteiger partial charge is 0.379 e. The van der Waals surface area contributed by atoms with Crippen LogP contribution in [0, 0.1) is 0 Å². The van der Waals surface area contributed by atoms with Crippen molar-refractivity contribution < 1.29 is 9.53 Å². The Labute approximate surface area is 117 Å². The standard InChI is InChI=1S/C12H20N6O2/c1-9(8-18-4-6-20-7-5-18)14-12(19)10-2-3-11(15-13)17-16-10/h2-3,9H,4-8,13H2,1H3,(H,14,19)(H,15,17). The lowest BCUT2D eigenvalue weighted by Crippen LogP contribution is -2.46. The zero-order chi connectivity index (χ0) is 14.4. The molecule has 1 aliphatic heterocycles. The van der Waals surface area contributed by atoms with E-state index >= 15 is 0 Å². The first kappa shape index (κ1) is 14.6. The maximum atomic E-state index is 12.0. The maximum absolute atomic E-state index is 12.0. The van der Waals surface area contributed by atoms with Gasteiger partial charge in [-0.1, -0.05) is 0 Å². The van der Waals surface area contributed by atoms with Gasteiger partial charge in [-0.25, -0.2) is 5.84 Å². The van der Waals surface area contributed by atoms with E-state index in [0.717, 1.165) is 32.8 Å². The number of nitrogens with two attached hydrogens (primary N) is 1. The van der Waals surface area contributed by atoms with Crippen LogP contribution in [0.5, 0.6) is 0 Å². The average Bonchev–Trinajstić information content (AvgIpc) is 2.48. The van der Waals surface area contributed by atoms with Crippen molar-refractivity contribution in [2.45, 2.75) is 13.0 Å². The van der Waals surface area contributed by atoms with E-state index < -0.39 is 0 Å². The van der Waals surface area contributed by atoms with Gasteiger partial charge >= 0.3 is 0 Å². The van der Waals surface area contributed by atoms with Crippen LogP contribution in [-0.2, 0) is 4.74 Å². The van der Waals surface area contributed by atoms with Crippen LogP contribution in [0.3, 0.4) is 0 Å². The predicted octanol–water partition coefficient (Wildman–Crippen LogP) is -0.787. The Hall–Kier alpha value is -1.77. The molecule has 8 heteroatoms. The molecule has 0 bridgehead atoms. The molecule has 1 saturated heterocycles. The first-order valence-electron chi connectivity index (χ1n) is 6.60. The Morgan fingerprint density at radius 3 is 2.80 bits per heavy atom. The summed E-state index contributed by atoms with van der Waals surface area (Å²) in [5.41, 5.74) is 2.64. The molecule has 0 saturated carbocycles. The minimum absolute atomic E-state index is 0.0368. The Bertz CT molecular complexity index is 432. The zero-order valence-electron chi connectivity index (χ0n) is 11.5. The molecule has 1 aromatic heterocycles. The number of aromatic nitrogens is 2. The van der Waals surface area contributed by atoms with Crippen LogP contribution in [-0.4, -0.2) is 59.9 Å². The van der Waals surface area contributed by atoms with Crippen molar-refractivity contribution in [1.82, 2.24) is 20.4 Å². The van der Waals surface area contributed by atoms with E-state index in [1.165, 1.54) is 0 Å². The fraction of sp³-hybridized carbons (Fsp3) is 0.583. The number of hydrazine groups is 1. The molecule has 110 valence electrons. The molecular formula is C12H20N6O2. The zero-order valence-corrected chi connectivity index (χ0v) is 11.5. The molecule has 1 fully saturated rings. The fourth-order valence-corrected chi connectivity index (χ4v) is 2.04. The molecule has 1 aromatic rings. The molecule has 4 N–H and O–H groups in total. The normalized spacial score (nSPS) is 17.5. The molecule has 0 aromatic carbocycles. The number of carbonyl (C=O) groups excluding carboxylic acids is 1. The molecule has 0 spiro atoms. The van der Waals surface area contributed by atoms with Gasteiger partial charge in [0.15, 0.2) is 11.5 Å². The minimum Gasteiger partial charge on any atom is -0.379 e. The van der Waals surface area contributed by atoms with Crippen molar-refractivity contribution >= 4 is 11.7 Å².